The molecule has 0 bridgehead atoms. The molecule has 1 aliphatic carbocycles. The molecule has 1 aromatic heterocycles. The van der Waals surface area contributed by atoms with E-state index in [0.29, 0.717) is 5.92 Å². The largest absolute Gasteiger partial charge is 0.324 e. The van der Waals surface area contributed by atoms with Gasteiger partial charge >= 0.3 is 0 Å². The molecule has 2 N–H and O–H groups in total. The first-order valence-electron chi connectivity index (χ1n) is 6.91. The predicted molar refractivity (Wildman–Crippen MR) is 71.6 cm³/mol. The summed E-state index contributed by atoms with van der Waals surface area (Å²) in [6.45, 7) is 4.37. The van der Waals surface area contributed by atoms with Crippen molar-refractivity contribution < 1.29 is 0 Å². The number of nitrogens with two attached hydrogens (primary N) is 1. The quantitative estimate of drug-likeness (QED) is 0.864. The molecule has 2 rings (SSSR count). The lowest BCUT2D eigenvalue weighted by Gasteiger charge is -2.35. The maximum Gasteiger partial charge on any atom is 0.0420 e. The Morgan fingerprint density at radius 1 is 1.41 bits per heavy atom. The molecule has 2 heteroatoms. The average molecular weight is 232 g/mol. The van der Waals surface area contributed by atoms with Crippen LogP contribution < -0.4 is 5.73 Å². The van der Waals surface area contributed by atoms with Crippen molar-refractivity contribution in [3.63, 3.8) is 0 Å². The summed E-state index contributed by atoms with van der Waals surface area (Å²) < 4.78 is 0. The second-order valence-electron chi connectivity index (χ2n) is 5.32. The zero-order valence-corrected chi connectivity index (χ0v) is 11.0. The van der Waals surface area contributed by atoms with Gasteiger partial charge in [-0.2, -0.15) is 0 Å². The van der Waals surface area contributed by atoms with E-state index in [2.05, 4.69) is 24.9 Å². The van der Waals surface area contributed by atoms with Gasteiger partial charge in [-0.1, -0.05) is 38.7 Å². The van der Waals surface area contributed by atoms with Gasteiger partial charge in [0.15, 0.2) is 0 Å². The molecular weight excluding hydrogens is 208 g/mol. The van der Waals surface area contributed by atoms with Crippen molar-refractivity contribution in [2.24, 2.45) is 17.6 Å². The zero-order valence-electron chi connectivity index (χ0n) is 11.0. The van der Waals surface area contributed by atoms with Gasteiger partial charge in [-0.15, -0.1) is 0 Å². The normalized spacial score (nSPS) is 26.8. The highest BCUT2D eigenvalue weighted by Gasteiger charge is 2.30. The maximum absolute atomic E-state index is 6.50. The lowest BCUT2D eigenvalue weighted by atomic mass is 9.72. The standard InChI is InChI=1S/C15H24N2/c1-3-12-7-4-5-8-14(12)15(16)13-9-6-10-17-11(13)2/h6,9-10,12,14-15H,3-5,7-8,16H2,1-2H3. The maximum atomic E-state index is 6.50. The fourth-order valence-corrected chi connectivity index (χ4v) is 3.30. The van der Waals surface area contributed by atoms with Gasteiger partial charge in [0, 0.05) is 17.9 Å². The van der Waals surface area contributed by atoms with Crippen molar-refractivity contribution in [3.05, 3.63) is 29.6 Å². The number of rotatable bonds is 3. The van der Waals surface area contributed by atoms with E-state index in [1.165, 1.54) is 37.7 Å². The van der Waals surface area contributed by atoms with Gasteiger partial charge in [-0.3, -0.25) is 4.98 Å². The Hall–Kier alpha value is -0.890. The molecule has 1 heterocycles. The summed E-state index contributed by atoms with van der Waals surface area (Å²) in [5.41, 5.74) is 8.84. The minimum atomic E-state index is 0.175. The first-order valence-corrected chi connectivity index (χ1v) is 6.91. The topological polar surface area (TPSA) is 38.9 Å². The summed E-state index contributed by atoms with van der Waals surface area (Å²) in [5.74, 6) is 1.45. The Morgan fingerprint density at radius 2 is 2.18 bits per heavy atom. The summed E-state index contributed by atoms with van der Waals surface area (Å²) >= 11 is 0. The Labute approximate surface area is 105 Å². The Kier molecular flexibility index (Phi) is 4.16. The highest BCUT2D eigenvalue weighted by Crippen LogP contribution is 2.39. The van der Waals surface area contributed by atoms with Crippen LogP contribution in [0.4, 0.5) is 0 Å². The second-order valence-corrected chi connectivity index (χ2v) is 5.32. The highest BCUT2D eigenvalue weighted by molar-refractivity contribution is 5.23. The number of nitrogens with zero attached hydrogens (tertiary/aromatic N) is 1. The van der Waals surface area contributed by atoms with E-state index in [0.717, 1.165) is 11.6 Å². The summed E-state index contributed by atoms with van der Waals surface area (Å²) in [6, 6.07) is 4.33. The SMILES string of the molecule is CCC1CCCCC1C(N)c1cccnc1C. The summed E-state index contributed by atoms with van der Waals surface area (Å²) in [6.07, 6.45) is 8.48. The number of pyridine rings is 1. The van der Waals surface area contributed by atoms with Gasteiger partial charge in [0.25, 0.3) is 0 Å². The van der Waals surface area contributed by atoms with Crippen LogP contribution in [-0.4, -0.2) is 4.98 Å². The van der Waals surface area contributed by atoms with Gasteiger partial charge in [0.05, 0.1) is 0 Å². The molecule has 0 aliphatic heterocycles. The van der Waals surface area contributed by atoms with Crippen molar-refractivity contribution in [2.75, 3.05) is 0 Å². The second kappa shape index (κ2) is 5.63. The van der Waals surface area contributed by atoms with Crippen LogP contribution in [0.3, 0.4) is 0 Å². The average Bonchev–Trinajstić information content (AvgIpc) is 2.38. The Balaban J connectivity index is 2.18. The smallest absolute Gasteiger partial charge is 0.0420 e. The Bertz CT molecular complexity index is 362. The number of hydrogen-bond donors (Lipinski definition) is 1. The van der Waals surface area contributed by atoms with E-state index in [4.69, 9.17) is 5.73 Å². The first-order chi connectivity index (χ1) is 8.24. The fourth-order valence-electron chi connectivity index (χ4n) is 3.30. The molecule has 1 fully saturated rings. The highest BCUT2D eigenvalue weighted by atomic mass is 14.7. The van der Waals surface area contributed by atoms with Gasteiger partial charge in [-0.25, -0.2) is 0 Å². The zero-order chi connectivity index (χ0) is 12.3. The first kappa shape index (κ1) is 12.6. The molecule has 0 aromatic carbocycles. The van der Waals surface area contributed by atoms with Crippen molar-refractivity contribution in [3.8, 4) is 0 Å². The molecule has 1 saturated carbocycles. The van der Waals surface area contributed by atoms with Gasteiger partial charge in [0.2, 0.25) is 0 Å². The number of aromatic nitrogens is 1. The van der Waals surface area contributed by atoms with Gasteiger partial charge < -0.3 is 5.73 Å². The van der Waals surface area contributed by atoms with Crippen LogP contribution in [0.25, 0.3) is 0 Å². The number of hydrogen-bond acceptors (Lipinski definition) is 2. The van der Waals surface area contributed by atoms with Crippen molar-refractivity contribution in [2.45, 2.75) is 52.0 Å². The summed E-state index contributed by atoms with van der Waals surface area (Å²) in [5, 5.41) is 0. The molecule has 17 heavy (non-hydrogen) atoms. The van der Waals surface area contributed by atoms with E-state index >= 15 is 0 Å². The van der Waals surface area contributed by atoms with E-state index < -0.39 is 0 Å². The van der Waals surface area contributed by atoms with Crippen LogP contribution in [0.15, 0.2) is 18.3 Å². The molecule has 2 nitrogen and oxygen atoms in total. The minimum Gasteiger partial charge on any atom is -0.324 e. The van der Waals surface area contributed by atoms with Gasteiger partial charge in [0.1, 0.15) is 0 Å². The molecule has 3 atom stereocenters. The Morgan fingerprint density at radius 3 is 2.88 bits per heavy atom. The molecule has 0 spiro atoms. The van der Waals surface area contributed by atoms with Crippen LogP contribution in [-0.2, 0) is 0 Å². The van der Waals surface area contributed by atoms with Crippen molar-refractivity contribution >= 4 is 0 Å². The molecule has 1 aromatic rings. The molecule has 3 unspecified atom stereocenters. The van der Waals surface area contributed by atoms with E-state index in [1.807, 2.05) is 12.3 Å². The van der Waals surface area contributed by atoms with Gasteiger partial charge in [-0.05, 0) is 36.8 Å². The molecule has 0 radical (unpaired) electrons. The van der Waals surface area contributed by atoms with Crippen LogP contribution in [0.2, 0.25) is 0 Å². The molecule has 0 amide bonds. The van der Waals surface area contributed by atoms with Crippen LogP contribution in [0, 0.1) is 18.8 Å². The predicted octanol–water partition coefficient (Wildman–Crippen LogP) is 3.61. The third-order valence-electron chi connectivity index (χ3n) is 4.36. The van der Waals surface area contributed by atoms with Crippen molar-refractivity contribution in [1.82, 2.24) is 4.98 Å². The lowest BCUT2D eigenvalue weighted by Crippen LogP contribution is -2.31. The van der Waals surface area contributed by atoms with E-state index in [9.17, 15) is 0 Å². The van der Waals surface area contributed by atoms with Crippen LogP contribution >= 0.6 is 0 Å². The van der Waals surface area contributed by atoms with E-state index in [1.54, 1.807) is 0 Å². The summed E-state index contributed by atoms with van der Waals surface area (Å²) in [4.78, 5) is 4.37. The third kappa shape index (κ3) is 2.68. The van der Waals surface area contributed by atoms with Crippen molar-refractivity contribution in [1.29, 1.82) is 0 Å². The molecule has 0 saturated heterocycles. The van der Waals surface area contributed by atoms with Crippen LogP contribution in [0.5, 0.6) is 0 Å². The van der Waals surface area contributed by atoms with Crippen LogP contribution in [0.1, 0.15) is 56.3 Å². The van der Waals surface area contributed by atoms with E-state index in [-0.39, 0.29) is 6.04 Å². The molecular formula is C15H24N2. The lowest BCUT2D eigenvalue weighted by molar-refractivity contribution is 0.196. The number of aryl methyl sites for hydroxylation is 1. The molecule has 1 aliphatic rings. The summed E-state index contributed by atoms with van der Waals surface area (Å²) in [7, 11) is 0. The minimum absolute atomic E-state index is 0.175. The molecule has 94 valence electrons. The third-order valence-corrected chi connectivity index (χ3v) is 4.36. The monoisotopic (exact) mass is 232 g/mol. The fraction of sp³-hybridized carbons (Fsp3) is 0.667.